The minimum atomic E-state index is -0.127. The predicted molar refractivity (Wildman–Crippen MR) is 160 cm³/mol. The van der Waals surface area contributed by atoms with Crippen LogP contribution in [0.5, 0.6) is 5.75 Å². The lowest BCUT2D eigenvalue weighted by molar-refractivity contribution is 0.0519. The molecule has 0 saturated carbocycles. The number of aromatic nitrogens is 3. The molecule has 0 spiro atoms. The van der Waals surface area contributed by atoms with Crippen LogP contribution in [0, 0.1) is 0 Å². The first-order chi connectivity index (χ1) is 20.1. The van der Waals surface area contributed by atoms with Gasteiger partial charge in [0.25, 0.3) is 5.91 Å². The molecule has 4 rings (SSSR count). The van der Waals surface area contributed by atoms with Gasteiger partial charge in [-0.25, -0.2) is 0 Å². The number of nitrogens with one attached hydrogen (secondary N) is 4. The zero-order valence-electron chi connectivity index (χ0n) is 22.2. The van der Waals surface area contributed by atoms with Crippen molar-refractivity contribution >= 4 is 47.1 Å². The van der Waals surface area contributed by atoms with E-state index < -0.39 is 0 Å². The Balaban J connectivity index is 1.21. The second-order valence-corrected chi connectivity index (χ2v) is 9.23. The van der Waals surface area contributed by atoms with Gasteiger partial charge in [-0.05, 0) is 72.6 Å². The minimum absolute atomic E-state index is 0.127. The highest BCUT2D eigenvalue weighted by atomic mass is 32.2. The molecule has 41 heavy (non-hydrogen) atoms. The van der Waals surface area contributed by atoms with Crippen molar-refractivity contribution in [3.05, 3.63) is 84.4 Å². The predicted octanol–water partition coefficient (Wildman–Crippen LogP) is 3.91. The largest absolute Gasteiger partial charge is 0.508 e. The molecule has 0 saturated heterocycles. The number of hydrogen-bond acceptors (Lipinski definition) is 12. The number of anilines is 5. The molecule has 0 unspecified atom stereocenters. The van der Waals surface area contributed by atoms with Crippen LogP contribution in [-0.2, 0) is 9.47 Å². The van der Waals surface area contributed by atoms with Gasteiger partial charge in [-0.15, -0.1) is 0 Å². The third-order valence-corrected chi connectivity index (χ3v) is 6.02. The average Bonchev–Trinajstić information content (AvgIpc) is 3.00. The summed E-state index contributed by atoms with van der Waals surface area (Å²) in [5.41, 5.74) is 2.12. The molecule has 7 N–H and O–H groups in total. The van der Waals surface area contributed by atoms with Crippen LogP contribution >= 0.6 is 11.9 Å². The van der Waals surface area contributed by atoms with Crippen molar-refractivity contribution in [1.82, 2.24) is 20.3 Å². The highest BCUT2D eigenvalue weighted by Crippen LogP contribution is 2.21. The van der Waals surface area contributed by atoms with Gasteiger partial charge in [-0.2, -0.15) is 15.0 Å². The van der Waals surface area contributed by atoms with Crippen LogP contribution in [0.4, 0.5) is 29.2 Å². The van der Waals surface area contributed by atoms with E-state index in [9.17, 15) is 9.90 Å². The van der Waals surface area contributed by atoms with Gasteiger partial charge < -0.3 is 35.8 Å². The van der Waals surface area contributed by atoms with Crippen LogP contribution in [-0.4, -0.2) is 65.5 Å². The average molecular weight is 577 g/mol. The van der Waals surface area contributed by atoms with E-state index in [0.717, 1.165) is 10.6 Å². The molecule has 0 atom stereocenters. The number of carbonyl (C=O) groups is 1. The van der Waals surface area contributed by atoms with Crippen LogP contribution in [0.1, 0.15) is 10.4 Å². The van der Waals surface area contributed by atoms with Crippen molar-refractivity contribution in [3.63, 3.8) is 0 Å². The molecule has 1 amide bonds. The summed E-state index contributed by atoms with van der Waals surface area (Å²) >= 11 is 1.17. The number of carbonyl (C=O) groups excluding carboxylic acids is 1. The Morgan fingerprint density at radius 1 is 0.732 bits per heavy atom. The van der Waals surface area contributed by atoms with Crippen LogP contribution < -0.4 is 26.4 Å². The number of amides is 1. The molecule has 0 fully saturated rings. The molecule has 12 nitrogen and oxygen atoms in total. The molecule has 0 aliphatic heterocycles. The SMILES string of the molecule is NSc1ccc(Nc2nc(NCCOCCOCCNC(=O)c3ccccc3)nc(Nc3ccc(O)cc3)n2)cc1. The minimum Gasteiger partial charge on any atom is -0.508 e. The summed E-state index contributed by atoms with van der Waals surface area (Å²) in [6.07, 6.45) is 0. The van der Waals surface area contributed by atoms with Gasteiger partial charge in [0.2, 0.25) is 17.8 Å². The van der Waals surface area contributed by atoms with E-state index in [1.807, 2.05) is 42.5 Å². The molecule has 0 aliphatic carbocycles. The number of phenols is 1. The second kappa shape index (κ2) is 16.0. The van der Waals surface area contributed by atoms with Gasteiger partial charge in [0.05, 0.1) is 26.4 Å². The third kappa shape index (κ3) is 10.2. The van der Waals surface area contributed by atoms with Crippen molar-refractivity contribution in [2.75, 3.05) is 55.5 Å². The van der Waals surface area contributed by atoms with Crippen molar-refractivity contribution in [3.8, 4) is 5.75 Å². The van der Waals surface area contributed by atoms with Gasteiger partial charge in [-0.1, -0.05) is 18.2 Å². The first-order valence-corrected chi connectivity index (χ1v) is 13.8. The summed E-state index contributed by atoms with van der Waals surface area (Å²) in [5.74, 6) is 1.05. The van der Waals surface area contributed by atoms with Crippen LogP contribution in [0.25, 0.3) is 0 Å². The lowest BCUT2D eigenvalue weighted by Crippen LogP contribution is -2.27. The van der Waals surface area contributed by atoms with Crippen LogP contribution in [0.15, 0.2) is 83.8 Å². The normalized spacial score (nSPS) is 10.7. The lowest BCUT2D eigenvalue weighted by atomic mass is 10.2. The Morgan fingerprint density at radius 3 is 1.90 bits per heavy atom. The molecular formula is C28H32N8O4S. The fraction of sp³-hybridized carbons (Fsp3) is 0.214. The zero-order chi connectivity index (χ0) is 28.7. The number of ether oxygens (including phenoxy) is 2. The summed E-state index contributed by atoms with van der Waals surface area (Å²) in [4.78, 5) is 26.3. The lowest BCUT2D eigenvalue weighted by Gasteiger charge is -2.12. The van der Waals surface area contributed by atoms with E-state index >= 15 is 0 Å². The highest BCUT2D eigenvalue weighted by molar-refractivity contribution is 7.97. The molecule has 0 aliphatic rings. The van der Waals surface area contributed by atoms with E-state index in [1.54, 1.807) is 36.4 Å². The van der Waals surface area contributed by atoms with E-state index in [1.165, 1.54) is 11.9 Å². The van der Waals surface area contributed by atoms with Crippen molar-refractivity contribution in [2.45, 2.75) is 4.90 Å². The first kappa shape index (κ1) is 29.6. The maximum Gasteiger partial charge on any atom is 0.251 e. The van der Waals surface area contributed by atoms with Gasteiger partial charge >= 0.3 is 0 Å². The Morgan fingerprint density at radius 2 is 1.29 bits per heavy atom. The number of hydrogen-bond donors (Lipinski definition) is 6. The Hall–Kier alpha value is -4.43. The number of aromatic hydroxyl groups is 1. The van der Waals surface area contributed by atoms with Crippen molar-refractivity contribution < 1.29 is 19.4 Å². The fourth-order valence-electron chi connectivity index (χ4n) is 3.47. The van der Waals surface area contributed by atoms with Crippen LogP contribution in [0.2, 0.25) is 0 Å². The summed E-state index contributed by atoms with van der Waals surface area (Å²) in [6, 6.07) is 23.2. The van der Waals surface area contributed by atoms with Crippen molar-refractivity contribution in [2.24, 2.45) is 5.14 Å². The second-order valence-electron chi connectivity index (χ2n) is 8.52. The molecule has 0 bridgehead atoms. The Bertz CT molecular complexity index is 1360. The van der Waals surface area contributed by atoms with Gasteiger partial charge in [-0.3, -0.25) is 9.93 Å². The van der Waals surface area contributed by atoms with E-state index in [2.05, 4.69) is 36.2 Å². The smallest absolute Gasteiger partial charge is 0.251 e. The van der Waals surface area contributed by atoms with E-state index in [4.69, 9.17) is 14.6 Å². The Labute approximate surface area is 242 Å². The summed E-state index contributed by atoms with van der Waals surface area (Å²) < 4.78 is 11.1. The van der Waals surface area contributed by atoms with E-state index in [0.29, 0.717) is 68.6 Å². The Kier molecular flexibility index (Phi) is 11.5. The summed E-state index contributed by atoms with van der Waals surface area (Å²) in [5, 5.41) is 27.4. The maximum atomic E-state index is 12.0. The molecule has 13 heteroatoms. The molecule has 3 aromatic carbocycles. The number of nitrogens with two attached hydrogens (primary N) is 1. The quantitative estimate of drug-likeness (QED) is 0.0647. The van der Waals surface area contributed by atoms with Gasteiger partial charge in [0.15, 0.2) is 0 Å². The van der Waals surface area contributed by atoms with Crippen LogP contribution in [0.3, 0.4) is 0 Å². The van der Waals surface area contributed by atoms with Crippen molar-refractivity contribution in [1.29, 1.82) is 0 Å². The van der Waals surface area contributed by atoms with Gasteiger partial charge in [0.1, 0.15) is 5.75 Å². The molecule has 4 aromatic rings. The fourth-order valence-corrected chi connectivity index (χ4v) is 3.77. The molecule has 1 aromatic heterocycles. The standard InChI is InChI=1S/C28H32N8O4S/c29-41-24-12-8-22(9-13-24)33-28-35-26(34-27(36-28)32-21-6-10-23(37)11-7-21)31-15-17-40-19-18-39-16-14-30-25(38)20-4-2-1-3-5-20/h1-13,37H,14-19,29H2,(H,30,38)(H3,31,32,33,34,35,36). The summed E-state index contributed by atoms with van der Waals surface area (Å²) in [7, 11) is 0. The number of nitrogens with zero attached hydrogens (tertiary/aromatic N) is 3. The topological polar surface area (TPSA) is 169 Å². The monoisotopic (exact) mass is 576 g/mol. The number of benzene rings is 3. The van der Waals surface area contributed by atoms with E-state index in [-0.39, 0.29) is 11.7 Å². The highest BCUT2D eigenvalue weighted by Gasteiger charge is 2.08. The number of rotatable bonds is 16. The molecule has 1 heterocycles. The number of phenolic OH excluding ortho intramolecular Hbond substituents is 1. The van der Waals surface area contributed by atoms with Gasteiger partial charge in [0, 0.05) is 34.9 Å². The summed E-state index contributed by atoms with van der Waals surface area (Å²) in [6.45, 7) is 2.48. The first-order valence-electron chi connectivity index (χ1n) is 12.9. The molecule has 214 valence electrons. The molecule has 0 radical (unpaired) electrons. The maximum absolute atomic E-state index is 12.0. The zero-order valence-corrected chi connectivity index (χ0v) is 23.1. The molecular weight excluding hydrogens is 544 g/mol. The third-order valence-electron chi connectivity index (χ3n) is 5.47.